The Morgan fingerprint density at radius 3 is 2.53 bits per heavy atom. The molecule has 248 valence electrons. The molecule has 18 heteroatoms. The maximum atomic E-state index is 13.6. The molecule has 1 aliphatic heterocycles. The summed E-state index contributed by atoms with van der Waals surface area (Å²) in [5.74, 6) is -0.343. The Kier molecular flexibility index (Phi) is 9.48. The van der Waals surface area contributed by atoms with Crippen molar-refractivity contribution >= 4 is 61.1 Å². The summed E-state index contributed by atoms with van der Waals surface area (Å²) in [5, 5.41) is 15.2. The molecular formula is C31H23N7O9S2. The summed E-state index contributed by atoms with van der Waals surface area (Å²) >= 11 is 0. The fraction of sp³-hybridized carbons (Fsp3) is 0.0645. The first-order chi connectivity index (χ1) is 23.3. The third-order valence-electron chi connectivity index (χ3n) is 6.62. The predicted octanol–water partition coefficient (Wildman–Crippen LogP) is 2.98. The quantitative estimate of drug-likeness (QED) is 0.0809. The molecule has 1 aromatic heterocycles. The number of nitrogens with one attached hydrogen (secondary N) is 3. The fourth-order valence-electron chi connectivity index (χ4n) is 4.57. The smallest absolute Gasteiger partial charge is 0.294 e. The molecule has 5 rings (SSSR count). The fourth-order valence-corrected chi connectivity index (χ4v) is 5.53. The van der Waals surface area contributed by atoms with E-state index in [0.717, 1.165) is 23.1 Å². The molecule has 4 aromatic rings. The molecule has 49 heavy (non-hydrogen) atoms. The maximum absolute atomic E-state index is 13.6. The molecule has 4 N–H and O–H groups in total. The van der Waals surface area contributed by atoms with Crippen LogP contribution in [0.2, 0.25) is 0 Å². The van der Waals surface area contributed by atoms with E-state index < -0.39 is 38.2 Å². The van der Waals surface area contributed by atoms with Crippen molar-refractivity contribution in [3.8, 4) is 17.5 Å². The highest BCUT2D eigenvalue weighted by Crippen LogP contribution is 2.39. The molecule has 16 nitrogen and oxygen atoms in total. The Balaban J connectivity index is 1.53. The molecule has 0 bridgehead atoms. The van der Waals surface area contributed by atoms with Gasteiger partial charge < -0.3 is 10.1 Å². The van der Waals surface area contributed by atoms with Crippen molar-refractivity contribution in [3.05, 3.63) is 112 Å². The molecule has 0 saturated heterocycles. The maximum Gasteiger partial charge on any atom is 0.294 e. The summed E-state index contributed by atoms with van der Waals surface area (Å²) in [6.45, 7) is -0.449. The first kappa shape index (κ1) is 33.9. The van der Waals surface area contributed by atoms with Crippen LogP contribution >= 0.6 is 0 Å². The van der Waals surface area contributed by atoms with Gasteiger partial charge in [0.05, 0.1) is 45.4 Å². The molecule has 0 spiro atoms. The summed E-state index contributed by atoms with van der Waals surface area (Å²) in [4.78, 5) is 41.4. The minimum atomic E-state index is -4.48. The molecule has 0 aliphatic carbocycles. The lowest BCUT2D eigenvalue weighted by atomic mass is 10.2. The van der Waals surface area contributed by atoms with E-state index in [9.17, 15) is 41.0 Å². The standard InChI is InChI=1S/C31H23N7O9S2/c1-48(42,43)36-28(40)18-37-26-14-9-20(17-32)15-27(26)47-29(37)8-3-2-7-25-30(34-22-6-4-5-21(16-22)33-19-39)35-38(31(25)41)23-10-12-24(13-11-23)49(44,45)46/h3-16,34-35H,18H2,1H3,(H,36,40)(H,44,45,46). The average Bonchev–Trinajstić information content (AvgIpc) is 3.53. The number of rotatable bonds is 10. The number of fused-ring (bicyclic) bond motifs is 1. The van der Waals surface area contributed by atoms with Crippen LogP contribution in [-0.4, -0.2) is 56.0 Å². The number of aromatic amines is 1. The Labute approximate surface area is 278 Å². The largest absolute Gasteiger partial charge is 0.439 e. The van der Waals surface area contributed by atoms with Crippen LogP contribution in [0, 0.1) is 11.3 Å². The van der Waals surface area contributed by atoms with Gasteiger partial charge in [0.15, 0.2) is 5.75 Å². The van der Waals surface area contributed by atoms with E-state index in [0.29, 0.717) is 17.1 Å². The van der Waals surface area contributed by atoms with Crippen molar-refractivity contribution in [2.75, 3.05) is 23.0 Å². The number of H-pyrrole nitrogens is 1. The van der Waals surface area contributed by atoms with Gasteiger partial charge in [-0.2, -0.15) is 18.7 Å². The Hall–Kier alpha value is -6.47. The van der Waals surface area contributed by atoms with Gasteiger partial charge in [-0.15, -0.1) is 5.73 Å². The number of hydrogen-bond donors (Lipinski definition) is 4. The second-order valence-corrected chi connectivity index (χ2v) is 13.3. The van der Waals surface area contributed by atoms with E-state index in [-0.39, 0.29) is 39.2 Å². The summed E-state index contributed by atoms with van der Waals surface area (Å²) in [5.41, 5.74) is 3.94. The number of sulfonamides is 1. The van der Waals surface area contributed by atoms with Gasteiger partial charge in [-0.1, -0.05) is 6.07 Å². The van der Waals surface area contributed by atoms with E-state index in [1.807, 2.05) is 10.8 Å². The summed E-state index contributed by atoms with van der Waals surface area (Å²) in [7, 11) is -8.32. The van der Waals surface area contributed by atoms with E-state index in [2.05, 4.69) is 21.1 Å². The van der Waals surface area contributed by atoms with E-state index in [1.165, 1.54) is 59.5 Å². The minimum Gasteiger partial charge on any atom is -0.439 e. The van der Waals surface area contributed by atoms with Crippen LogP contribution in [0.3, 0.4) is 0 Å². The van der Waals surface area contributed by atoms with E-state index >= 15 is 0 Å². The molecule has 1 amide bonds. The number of amides is 1. The molecule has 3 aromatic carbocycles. The highest BCUT2D eigenvalue weighted by Gasteiger charge is 2.29. The van der Waals surface area contributed by atoms with Gasteiger partial charge in [-0.25, -0.2) is 17.9 Å². The number of benzene rings is 3. The first-order valence-corrected chi connectivity index (χ1v) is 17.1. The molecular weight excluding hydrogens is 679 g/mol. The number of carbonyl (C=O) groups excluding carboxylic acids is 2. The van der Waals surface area contributed by atoms with Crippen molar-refractivity contribution in [2.24, 2.45) is 4.99 Å². The van der Waals surface area contributed by atoms with E-state index in [1.54, 1.807) is 24.3 Å². The number of hydrogen-bond acceptors (Lipinski definition) is 12. The van der Waals surface area contributed by atoms with Gasteiger partial charge in [-0.05, 0) is 66.7 Å². The normalized spacial score (nSPS) is 12.9. The average molecular weight is 702 g/mol. The number of isocyanates is 1. The number of nitrogens with zero attached hydrogens (tertiary/aromatic N) is 4. The molecule has 0 fully saturated rings. The van der Waals surface area contributed by atoms with Crippen LogP contribution in [0.15, 0.2) is 105 Å². The molecule has 0 radical (unpaired) electrons. The van der Waals surface area contributed by atoms with Crippen molar-refractivity contribution in [3.63, 3.8) is 0 Å². The lowest BCUT2D eigenvalue weighted by molar-refractivity contribution is -0.118. The number of carbonyl (C=O) groups is 1. The molecule has 0 saturated carbocycles. The van der Waals surface area contributed by atoms with Crippen molar-refractivity contribution in [1.29, 1.82) is 5.26 Å². The molecule has 2 heterocycles. The van der Waals surface area contributed by atoms with Crippen LogP contribution in [-0.2, 0) is 29.7 Å². The second-order valence-electron chi connectivity index (χ2n) is 10.2. The van der Waals surface area contributed by atoms with Crippen LogP contribution in [0.5, 0.6) is 5.75 Å². The third-order valence-corrected chi connectivity index (χ3v) is 8.09. The van der Waals surface area contributed by atoms with Gasteiger partial charge in [0.25, 0.3) is 21.6 Å². The SMILES string of the molecule is CS(=O)(=O)NC(=O)CN1C(=CC=C=Cc2c(Nc3cccc(N=C=O)c3)[nH]n(-c3ccc(S(=O)(=O)O)cc3)c2=O)Oc2cc(C#N)ccc21. The number of aromatic nitrogens is 2. The van der Waals surface area contributed by atoms with Crippen LogP contribution < -0.4 is 25.2 Å². The predicted molar refractivity (Wildman–Crippen MR) is 176 cm³/mol. The zero-order chi connectivity index (χ0) is 35.3. The van der Waals surface area contributed by atoms with Gasteiger partial charge in [0.2, 0.25) is 22.0 Å². The van der Waals surface area contributed by atoms with Crippen molar-refractivity contribution < 1.29 is 35.7 Å². The van der Waals surface area contributed by atoms with Gasteiger partial charge in [0, 0.05) is 17.8 Å². The number of anilines is 3. The van der Waals surface area contributed by atoms with Gasteiger partial charge >= 0.3 is 0 Å². The third kappa shape index (κ3) is 8.10. The number of nitriles is 1. The second kappa shape index (κ2) is 13.7. The van der Waals surface area contributed by atoms with Gasteiger partial charge in [0.1, 0.15) is 12.4 Å². The number of aliphatic imine (C=N–C) groups is 1. The van der Waals surface area contributed by atoms with Crippen molar-refractivity contribution in [2.45, 2.75) is 4.90 Å². The van der Waals surface area contributed by atoms with Gasteiger partial charge in [-0.3, -0.25) is 28.9 Å². The van der Waals surface area contributed by atoms with Crippen LogP contribution in [0.25, 0.3) is 11.8 Å². The summed E-state index contributed by atoms with van der Waals surface area (Å²) < 4.78 is 64.3. The Morgan fingerprint density at radius 1 is 1.10 bits per heavy atom. The van der Waals surface area contributed by atoms with Crippen molar-refractivity contribution in [1.82, 2.24) is 14.5 Å². The van der Waals surface area contributed by atoms with Crippen LogP contribution in [0.1, 0.15) is 11.1 Å². The first-order valence-electron chi connectivity index (χ1n) is 13.8. The highest BCUT2D eigenvalue weighted by atomic mass is 32.2. The summed E-state index contributed by atoms with van der Waals surface area (Å²) in [6, 6.07) is 17.7. The lowest BCUT2D eigenvalue weighted by Crippen LogP contribution is -2.38. The lowest BCUT2D eigenvalue weighted by Gasteiger charge is -2.17. The molecule has 1 aliphatic rings. The Morgan fingerprint density at radius 2 is 1.86 bits per heavy atom. The summed E-state index contributed by atoms with van der Waals surface area (Å²) in [6.07, 6.45) is 6.39. The topological polar surface area (TPSA) is 233 Å². The van der Waals surface area contributed by atoms with Crippen LogP contribution in [0.4, 0.5) is 22.9 Å². The number of allylic oxidation sites excluding steroid dienone is 2. The zero-order valence-corrected chi connectivity index (χ0v) is 26.7. The monoisotopic (exact) mass is 701 g/mol. The molecule has 0 unspecified atom stereocenters. The molecule has 0 atom stereocenters. The minimum absolute atomic E-state index is 0.0523. The highest BCUT2D eigenvalue weighted by molar-refractivity contribution is 7.89. The van der Waals surface area contributed by atoms with E-state index in [4.69, 9.17) is 4.74 Å². The zero-order valence-electron chi connectivity index (χ0n) is 25.1. The number of ether oxygens (including phenoxy) is 1. The Bertz CT molecular complexity index is 2450.